The van der Waals surface area contributed by atoms with Gasteiger partial charge in [-0.05, 0) is 27.2 Å². The molecular formula is C14H21N3O5. The second kappa shape index (κ2) is 7.58. The number of ether oxygens (including phenoxy) is 2. The van der Waals surface area contributed by atoms with Crippen LogP contribution in [0.2, 0.25) is 0 Å². The number of rotatable bonds is 5. The molecule has 0 saturated heterocycles. The number of hydrogen-bond donors (Lipinski definition) is 1. The van der Waals surface area contributed by atoms with Gasteiger partial charge in [0.05, 0.1) is 7.11 Å². The van der Waals surface area contributed by atoms with Gasteiger partial charge in [0.2, 0.25) is 0 Å². The fourth-order valence-electron chi connectivity index (χ4n) is 1.65. The van der Waals surface area contributed by atoms with Gasteiger partial charge in [-0.25, -0.2) is 14.6 Å². The molecule has 0 aliphatic rings. The van der Waals surface area contributed by atoms with Crippen LogP contribution in [-0.4, -0.2) is 46.3 Å². The van der Waals surface area contributed by atoms with Crippen molar-refractivity contribution in [2.75, 3.05) is 7.11 Å². The standard InChI is InChI=1S/C14H21N3O5/c1-14(2,3)22-11(18)6-5-10(12(19)21-4)16-13(20)17-8-7-15-9-17/h7-10H,5-6H2,1-4H3,(H,16,20). The topological polar surface area (TPSA) is 99.5 Å². The summed E-state index contributed by atoms with van der Waals surface area (Å²) >= 11 is 0. The lowest BCUT2D eigenvalue weighted by Gasteiger charge is -2.21. The van der Waals surface area contributed by atoms with Crippen LogP contribution in [0.4, 0.5) is 4.79 Å². The number of carbonyl (C=O) groups is 3. The van der Waals surface area contributed by atoms with Crippen LogP contribution in [0.1, 0.15) is 33.6 Å². The van der Waals surface area contributed by atoms with E-state index in [9.17, 15) is 14.4 Å². The van der Waals surface area contributed by atoms with Crippen molar-refractivity contribution in [3.63, 3.8) is 0 Å². The third kappa shape index (κ3) is 5.94. The lowest BCUT2D eigenvalue weighted by molar-refractivity contribution is -0.155. The predicted molar refractivity (Wildman–Crippen MR) is 77.0 cm³/mol. The minimum Gasteiger partial charge on any atom is -0.467 e. The number of methoxy groups -OCH3 is 1. The molecule has 1 aromatic heterocycles. The van der Waals surface area contributed by atoms with Crippen molar-refractivity contribution in [3.05, 3.63) is 18.7 Å². The Bertz CT molecular complexity index is 519. The lowest BCUT2D eigenvalue weighted by Crippen LogP contribution is -2.43. The Hall–Kier alpha value is -2.38. The zero-order valence-electron chi connectivity index (χ0n) is 13.2. The number of amides is 1. The highest BCUT2D eigenvalue weighted by atomic mass is 16.6. The first-order chi connectivity index (χ1) is 10.2. The van der Waals surface area contributed by atoms with Gasteiger partial charge in [-0.1, -0.05) is 0 Å². The molecule has 1 rings (SSSR count). The van der Waals surface area contributed by atoms with Gasteiger partial charge in [0.25, 0.3) is 0 Å². The average molecular weight is 311 g/mol. The first-order valence-corrected chi connectivity index (χ1v) is 6.81. The molecule has 1 aromatic rings. The summed E-state index contributed by atoms with van der Waals surface area (Å²) in [6, 6.07) is -1.47. The first-order valence-electron chi connectivity index (χ1n) is 6.81. The Morgan fingerprint density at radius 3 is 2.50 bits per heavy atom. The van der Waals surface area contributed by atoms with E-state index >= 15 is 0 Å². The maximum atomic E-state index is 11.9. The van der Waals surface area contributed by atoms with E-state index in [1.807, 2.05) is 0 Å². The van der Waals surface area contributed by atoms with E-state index < -0.39 is 29.6 Å². The monoisotopic (exact) mass is 311 g/mol. The van der Waals surface area contributed by atoms with Crippen LogP contribution >= 0.6 is 0 Å². The SMILES string of the molecule is COC(=O)C(CCC(=O)OC(C)(C)C)NC(=O)n1ccnc1. The first kappa shape index (κ1) is 17.7. The normalized spacial score (nSPS) is 12.4. The number of aromatic nitrogens is 2. The van der Waals surface area contributed by atoms with Crippen LogP contribution < -0.4 is 5.32 Å². The van der Waals surface area contributed by atoms with E-state index in [1.165, 1.54) is 30.4 Å². The number of carbonyl (C=O) groups excluding carboxylic acids is 3. The zero-order valence-corrected chi connectivity index (χ0v) is 13.2. The maximum Gasteiger partial charge on any atom is 0.328 e. The minimum absolute atomic E-state index is 0.0127. The lowest BCUT2D eigenvalue weighted by atomic mass is 10.1. The molecule has 0 saturated carbocycles. The summed E-state index contributed by atoms with van der Waals surface area (Å²) in [6.45, 7) is 5.26. The molecule has 1 heterocycles. The summed E-state index contributed by atoms with van der Waals surface area (Å²) in [5.74, 6) is -1.07. The molecule has 0 spiro atoms. The van der Waals surface area contributed by atoms with Gasteiger partial charge >= 0.3 is 18.0 Å². The van der Waals surface area contributed by atoms with Crippen LogP contribution in [0.25, 0.3) is 0 Å². The summed E-state index contributed by atoms with van der Waals surface area (Å²) in [7, 11) is 1.21. The van der Waals surface area contributed by atoms with Crippen molar-refractivity contribution in [1.82, 2.24) is 14.9 Å². The Kier molecular flexibility index (Phi) is 6.09. The van der Waals surface area contributed by atoms with Gasteiger partial charge in [0, 0.05) is 18.8 Å². The second-order valence-corrected chi connectivity index (χ2v) is 5.62. The van der Waals surface area contributed by atoms with Crippen LogP contribution in [0.5, 0.6) is 0 Å². The molecule has 0 radical (unpaired) electrons. The molecular weight excluding hydrogens is 290 g/mol. The van der Waals surface area contributed by atoms with Crippen molar-refractivity contribution in [1.29, 1.82) is 0 Å². The van der Waals surface area contributed by atoms with Gasteiger partial charge in [-0.3, -0.25) is 9.36 Å². The molecule has 0 aliphatic heterocycles. The summed E-state index contributed by atoms with van der Waals surface area (Å²) in [5.41, 5.74) is -0.599. The molecule has 122 valence electrons. The Labute approximate surface area is 128 Å². The van der Waals surface area contributed by atoms with Crippen LogP contribution in [-0.2, 0) is 19.1 Å². The Morgan fingerprint density at radius 2 is 2.00 bits per heavy atom. The van der Waals surface area contributed by atoms with E-state index in [1.54, 1.807) is 20.8 Å². The minimum atomic E-state index is -0.938. The van der Waals surface area contributed by atoms with Gasteiger partial charge in [-0.2, -0.15) is 0 Å². The molecule has 8 heteroatoms. The second-order valence-electron chi connectivity index (χ2n) is 5.62. The highest BCUT2D eigenvalue weighted by molar-refractivity contribution is 5.85. The summed E-state index contributed by atoms with van der Waals surface area (Å²) < 4.78 is 11.0. The number of esters is 2. The molecule has 0 aromatic carbocycles. The summed E-state index contributed by atoms with van der Waals surface area (Å²) in [4.78, 5) is 39.0. The number of nitrogens with one attached hydrogen (secondary N) is 1. The van der Waals surface area contributed by atoms with E-state index in [-0.39, 0.29) is 12.8 Å². The Balaban J connectivity index is 2.60. The average Bonchev–Trinajstić information content (AvgIpc) is 2.94. The fourth-order valence-corrected chi connectivity index (χ4v) is 1.65. The molecule has 1 atom stereocenters. The van der Waals surface area contributed by atoms with Gasteiger partial charge in [0.1, 0.15) is 18.0 Å². The highest BCUT2D eigenvalue weighted by Crippen LogP contribution is 2.10. The number of imidazole rings is 1. The molecule has 1 N–H and O–H groups in total. The third-order valence-corrected chi connectivity index (χ3v) is 2.58. The number of hydrogen-bond acceptors (Lipinski definition) is 6. The van der Waals surface area contributed by atoms with Gasteiger partial charge in [-0.15, -0.1) is 0 Å². The molecule has 1 unspecified atom stereocenters. The molecule has 0 fully saturated rings. The van der Waals surface area contributed by atoms with Crippen molar-refractivity contribution < 1.29 is 23.9 Å². The van der Waals surface area contributed by atoms with E-state index in [0.29, 0.717) is 0 Å². The number of nitrogens with zero attached hydrogens (tertiary/aromatic N) is 2. The summed E-state index contributed by atoms with van der Waals surface area (Å²) in [5, 5.41) is 2.49. The smallest absolute Gasteiger partial charge is 0.328 e. The molecule has 22 heavy (non-hydrogen) atoms. The van der Waals surface area contributed by atoms with Crippen LogP contribution in [0.3, 0.4) is 0 Å². The van der Waals surface area contributed by atoms with Gasteiger partial charge < -0.3 is 14.8 Å². The highest BCUT2D eigenvalue weighted by Gasteiger charge is 2.24. The molecule has 8 nitrogen and oxygen atoms in total. The van der Waals surface area contributed by atoms with E-state index in [2.05, 4.69) is 15.0 Å². The molecule has 0 aliphatic carbocycles. The Morgan fingerprint density at radius 1 is 1.32 bits per heavy atom. The quantitative estimate of drug-likeness (QED) is 0.818. The third-order valence-electron chi connectivity index (χ3n) is 2.58. The van der Waals surface area contributed by atoms with Crippen LogP contribution in [0, 0.1) is 0 Å². The molecule has 1 amide bonds. The van der Waals surface area contributed by atoms with E-state index in [4.69, 9.17) is 4.74 Å². The maximum absolute atomic E-state index is 11.9. The molecule has 0 bridgehead atoms. The zero-order chi connectivity index (χ0) is 16.8. The van der Waals surface area contributed by atoms with Crippen molar-refractivity contribution in [2.45, 2.75) is 45.3 Å². The van der Waals surface area contributed by atoms with Crippen molar-refractivity contribution in [2.24, 2.45) is 0 Å². The van der Waals surface area contributed by atoms with E-state index in [0.717, 1.165) is 0 Å². The predicted octanol–water partition coefficient (Wildman–Crippen LogP) is 1.10. The largest absolute Gasteiger partial charge is 0.467 e. The summed E-state index contributed by atoms with van der Waals surface area (Å²) in [6.07, 6.45) is 4.26. The fraction of sp³-hybridized carbons (Fsp3) is 0.571. The van der Waals surface area contributed by atoms with Gasteiger partial charge in [0.15, 0.2) is 0 Å². The van der Waals surface area contributed by atoms with Crippen LogP contribution in [0.15, 0.2) is 18.7 Å². The van der Waals surface area contributed by atoms with Crippen molar-refractivity contribution in [3.8, 4) is 0 Å². The van der Waals surface area contributed by atoms with Crippen molar-refractivity contribution >= 4 is 18.0 Å².